The van der Waals surface area contributed by atoms with Crippen LogP contribution in [0.1, 0.15) is 21.5 Å². The zero-order chi connectivity index (χ0) is 26.9. The fourth-order valence-corrected chi connectivity index (χ4v) is 3.54. The van der Waals surface area contributed by atoms with Crippen LogP contribution < -0.4 is 4.74 Å². The Kier molecular flexibility index (Phi) is 6.77. The summed E-state index contributed by atoms with van der Waals surface area (Å²) in [5.74, 6) is -3.69. The average molecular weight is 514 g/mol. The fraction of sp³-hybridized carbons (Fsp3) is 0.0357. The molecule has 0 aliphatic carbocycles. The van der Waals surface area contributed by atoms with Crippen molar-refractivity contribution in [2.75, 3.05) is 0 Å². The largest absolute Gasteiger partial charge is 0.458 e. The van der Waals surface area contributed by atoms with Gasteiger partial charge in [-0.25, -0.2) is 22.4 Å². The molecule has 2 nitrogen and oxygen atoms in total. The maximum Gasteiger partial charge on any atom is 0.458 e. The number of hydrogen-bond acceptors (Lipinski definition) is 2. The molecule has 0 amide bonds. The third-order valence-electron chi connectivity index (χ3n) is 5.25. The summed E-state index contributed by atoms with van der Waals surface area (Å²) in [6, 6.07) is 11.6. The van der Waals surface area contributed by atoms with Crippen LogP contribution in [0.3, 0.4) is 0 Å². The van der Waals surface area contributed by atoms with Crippen LogP contribution in [0.5, 0.6) is 5.75 Å². The van der Waals surface area contributed by atoms with E-state index < -0.39 is 52.1 Å². The van der Waals surface area contributed by atoms with Gasteiger partial charge in [0.25, 0.3) is 0 Å². The number of rotatable bonds is 4. The smallest absolute Gasteiger partial charge is 0.423 e. The highest BCUT2D eigenvalue weighted by atomic mass is 19.4. The lowest BCUT2D eigenvalue weighted by atomic mass is 9.97. The number of alkyl halides is 3. The van der Waals surface area contributed by atoms with E-state index in [1.165, 1.54) is 18.1 Å². The summed E-state index contributed by atoms with van der Waals surface area (Å²) in [7, 11) is 0. The van der Waals surface area contributed by atoms with Crippen molar-refractivity contribution < 1.29 is 40.3 Å². The van der Waals surface area contributed by atoms with Gasteiger partial charge in [0.15, 0.2) is 0 Å². The van der Waals surface area contributed by atoms with Crippen LogP contribution in [0.4, 0.5) is 30.7 Å². The second-order valence-corrected chi connectivity index (χ2v) is 7.71. The van der Waals surface area contributed by atoms with E-state index in [1.807, 2.05) is 0 Å². The van der Waals surface area contributed by atoms with Gasteiger partial charge in [0.1, 0.15) is 29.0 Å². The van der Waals surface area contributed by atoms with Crippen molar-refractivity contribution in [3.63, 3.8) is 0 Å². The normalized spacial score (nSPS) is 11.1. The van der Waals surface area contributed by atoms with Crippen LogP contribution >= 0.6 is 0 Å². The minimum absolute atomic E-state index is 0.129. The first-order chi connectivity index (χ1) is 17.5. The molecule has 0 radical (unpaired) electrons. The second kappa shape index (κ2) is 9.82. The van der Waals surface area contributed by atoms with Crippen LogP contribution in [0.15, 0.2) is 67.2 Å². The first-order valence-corrected chi connectivity index (χ1v) is 10.4. The summed E-state index contributed by atoms with van der Waals surface area (Å²) in [5.41, 5.74) is -1.46. The van der Waals surface area contributed by atoms with Crippen molar-refractivity contribution in [2.24, 2.45) is 0 Å². The SMILES string of the molecule is C=Cc1ccc(OC(=O)c2cc(F)c(-c3ccc4c(F)c(C#CC(F)(F)F)c(F)cc4c3)c(F)c2)cc1. The maximum atomic E-state index is 14.9. The molecule has 9 heteroatoms. The van der Waals surface area contributed by atoms with Crippen molar-refractivity contribution in [3.05, 3.63) is 107 Å². The van der Waals surface area contributed by atoms with Gasteiger partial charge in [0.2, 0.25) is 0 Å². The van der Waals surface area contributed by atoms with Gasteiger partial charge in [0, 0.05) is 11.3 Å². The molecule has 0 bridgehead atoms. The molecule has 0 N–H and O–H groups in total. The van der Waals surface area contributed by atoms with E-state index in [9.17, 15) is 35.5 Å². The maximum absolute atomic E-state index is 14.9. The molecule has 186 valence electrons. The summed E-state index contributed by atoms with van der Waals surface area (Å²) in [6.45, 7) is 3.60. The molecule has 4 aromatic rings. The molecule has 0 atom stereocenters. The van der Waals surface area contributed by atoms with Crippen molar-refractivity contribution in [3.8, 4) is 28.7 Å². The molecule has 0 saturated heterocycles. The molecule has 0 spiro atoms. The minimum Gasteiger partial charge on any atom is -0.423 e. The summed E-state index contributed by atoms with van der Waals surface area (Å²) >= 11 is 0. The average Bonchev–Trinajstić information content (AvgIpc) is 2.83. The Morgan fingerprint density at radius 3 is 2.11 bits per heavy atom. The Hall–Kier alpha value is -4.58. The van der Waals surface area contributed by atoms with Crippen LogP contribution in [0.2, 0.25) is 0 Å². The van der Waals surface area contributed by atoms with E-state index in [0.29, 0.717) is 6.07 Å². The van der Waals surface area contributed by atoms with Crippen LogP contribution in [0, 0.1) is 35.1 Å². The molecule has 0 aliphatic rings. The third kappa shape index (κ3) is 5.48. The van der Waals surface area contributed by atoms with E-state index in [2.05, 4.69) is 6.58 Å². The second-order valence-electron chi connectivity index (χ2n) is 7.71. The summed E-state index contributed by atoms with van der Waals surface area (Å²) in [6.07, 6.45) is -3.38. The Labute approximate surface area is 205 Å². The molecule has 0 fully saturated rings. The summed E-state index contributed by atoms with van der Waals surface area (Å²) < 4.78 is 101. The van der Waals surface area contributed by atoms with Gasteiger partial charge in [-0.3, -0.25) is 0 Å². The van der Waals surface area contributed by atoms with Gasteiger partial charge in [0.05, 0.1) is 16.7 Å². The van der Waals surface area contributed by atoms with E-state index >= 15 is 0 Å². The van der Waals surface area contributed by atoms with Gasteiger partial charge in [-0.15, -0.1) is 0 Å². The molecule has 4 aromatic carbocycles. The van der Waals surface area contributed by atoms with Crippen LogP contribution in [-0.2, 0) is 0 Å². The standard InChI is InChI=1S/C28H13F7O2/c1-2-15-3-6-19(7-4-15)37-27(36)18-13-23(30)25(24(31)14-18)16-5-8-20-17(11-16)12-22(29)21(26(20)32)9-10-28(33,34)35/h2-8,11-14H,1H2. The first-order valence-electron chi connectivity index (χ1n) is 10.4. The lowest BCUT2D eigenvalue weighted by Crippen LogP contribution is -2.10. The van der Waals surface area contributed by atoms with E-state index in [-0.39, 0.29) is 22.1 Å². The fourth-order valence-electron chi connectivity index (χ4n) is 3.54. The van der Waals surface area contributed by atoms with Gasteiger partial charge in [-0.05, 0) is 52.9 Å². The number of benzene rings is 4. The predicted octanol–water partition coefficient (Wildman–Crippen LogP) is 7.84. The molecule has 0 saturated carbocycles. The molecule has 37 heavy (non-hydrogen) atoms. The zero-order valence-electron chi connectivity index (χ0n) is 18.5. The highest BCUT2D eigenvalue weighted by Gasteiger charge is 2.24. The lowest BCUT2D eigenvalue weighted by Gasteiger charge is -2.11. The topological polar surface area (TPSA) is 26.3 Å². The number of hydrogen-bond donors (Lipinski definition) is 0. The first kappa shape index (κ1) is 25.5. The van der Waals surface area contributed by atoms with Crippen LogP contribution in [0.25, 0.3) is 28.0 Å². The van der Waals surface area contributed by atoms with Crippen molar-refractivity contribution >= 4 is 22.8 Å². The molecule has 0 aromatic heterocycles. The van der Waals surface area contributed by atoms with Gasteiger partial charge in [-0.1, -0.05) is 42.8 Å². The number of ether oxygens (including phenoxy) is 1. The summed E-state index contributed by atoms with van der Waals surface area (Å²) in [5, 5.41) is -0.476. The number of fused-ring (bicyclic) bond motifs is 1. The van der Waals surface area contributed by atoms with Gasteiger partial charge < -0.3 is 4.74 Å². The number of carbonyl (C=O) groups is 1. The molecule has 0 heterocycles. The molecular weight excluding hydrogens is 501 g/mol. The van der Waals surface area contributed by atoms with Crippen molar-refractivity contribution in [1.82, 2.24) is 0 Å². The van der Waals surface area contributed by atoms with E-state index in [4.69, 9.17) is 4.74 Å². The van der Waals surface area contributed by atoms with Crippen molar-refractivity contribution in [2.45, 2.75) is 6.18 Å². The predicted molar refractivity (Wildman–Crippen MR) is 124 cm³/mol. The molecule has 4 rings (SSSR count). The highest BCUT2D eigenvalue weighted by Crippen LogP contribution is 2.32. The summed E-state index contributed by atoms with van der Waals surface area (Å²) in [4.78, 5) is 12.4. The number of halogens is 7. The third-order valence-corrected chi connectivity index (χ3v) is 5.25. The van der Waals surface area contributed by atoms with E-state index in [1.54, 1.807) is 18.2 Å². The quantitative estimate of drug-likeness (QED) is 0.120. The Morgan fingerprint density at radius 1 is 0.865 bits per heavy atom. The van der Waals surface area contributed by atoms with Gasteiger partial charge in [-0.2, -0.15) is 13.2 Å². The molecule has 0 unspecified atom stereocenters. The Morgan fingerprint density at radius 2 is 1.51 bits per heavy atom. The van der Waals surface area contributed by atoms with E-state index in [0.717, 1.165) is 41.8 Å². The number of esters is 1. The van der Waals surface area contributed by atoms with Crippen LogP contribution in [-0.4, -0.2) is 12.1 Å². The molecule has 0 aliphatic heterocycles. The number of carbonyl (C=O) groups excluding carboxylic acids is 1. The molecular formula is C28H13F7O2. The van der Waals surface area contributed by atoms with Gasteiger partial charge >= 0.3 is 12.1 Å². The lowest BCUT2D eigenvalue weighted by molar-refractivity contribution is -0.0696. The Bertz CT molecular complexity index is 1590. The minimum atomic E-state index is -4.96. The van der Waals surface area contributed by atoms with Crippen molar-refractivity contribution in [1.29, 1.82) is 0 Å². The monoisotopic (exact) mass is 514 g/mol. The highest BCUT2D eigenvalue weighted by molar-refractivity contribution is 5.93. The zero-order valence-corrected chi connectivity index (χ0v) is 18.5. The Balaban J connectivity index is 1.68.